The largest absolute Gasteiger partial charge is 0.295 e. The molecule has 0 amide bonds. The van der Waals surface area contributed by atoms with E-state index in [1.807, 2.05) is 38.1 Å². The van der Waals surface area contributed by atoms with E-state index in [1.54, 1.807) is 0 Å². The van der Waals surface area contributed by atoms with E-state index in [0.29, 0.717) is 6.42 Å². The molecule has 0 fully saturated rings. The highest BCUT2D eigenvalue weighted by Crippen LogP contribution is 2.07. The van der Waals surface area contributed by atoms with Gasteiger partial charge in [-0.15, -0.1) is 0 Å². The van der Waals surface area contributed by atoms with Crippen molar-refractivity contribution in [2.45, 2.75) is 33.1 Å². The van der Waals surface area contributed by atoms with Crippen molar-refractivity contribution in [3.05, 3.63) is 47.5 Å². The van der Waals surface area contributed by atoms with Gasteiger partial charge >= 0.3 is 0 Å². The van der Waals surface area contributed by atoms with Gasteiger partial charge < -0.3 is 0 Å². The summed E-state index contributed by atoms with van der Waals surface area (Å²) in [6.45, 7) is 3.95. The Labute approximate surface area is 91.8 Å². The van der Waals surface area contributed by atoms with Crippen LogP contribution in [0.1, 0.15) is 32.3 Å². The molecule has 0 N–H and O–H groups in total. The molecule has 0 aliphatic carbocycles. The van der Waals surface area contributed by atoms with Gasteiger partial charge in [0.15, 0.2) is 5.78 Å². The number of benzene rings is 1. The highest BCUT2D eigenvalue weighted by atomic mass is 16.1. The number of aryl methyl sites for hydroxylation is 1. The first-order valence-corrected chi connectivity index (χ1v) is 5.48. The molecule has 1 heteroatoms. The van der Waals surface area contributed by atoms with Crippen molar-refractivity contribution in [2.75, 3.05) is 0 Å². The third-order valence-electron chi connectivity index (χ3n) is 2.43. The number of carbonyl (C=O) groups is 1. The maximum atomic E-state index is 11.6. The minimum absolute atomic E-state index is 0.265. The summed E-state index contributed by atoms with van der Waals surface area (Å²) in [6, 6.07) is 10.1. The van der Waals surface area contributed by atoms with Crippen LogP contribution in [-0.4, -0.2) is 5.78 Å². The number of rotatable bonds is 5. The van der Waals surface area contributed by atoms with Crippen LogP contribution in [0.25, 0.3) is 0 Å². The van der Waals surface area contributed by atoms with E-state index in [-0.39, 0.29) is 5.78 Å². The zero-order chi connectivity index (χ0) is 11.1. The lowest BCUT2D eigenvalue weighted by Gasteiger charge is -2.01. The van der Waals surface area contributed by atoms with Gasteiger partial charge in [0.25, 0.3) is 0 Å². The van der Waals surface area contributed by atoms with Crippen LogP contribution in [0.3, 0.4) is 0 Å². The van der Waals surface area contributed by atoms with E-state index >= 15 is 0 Å². The monoisotopic (exact) mass is 202 g/mol. The third-order valence-corrected chi connectivity index (χ3v) is 2.43. The predicted octanol–water partition coefficient (Wildman–Crippen LogP) is 3.54. The van der Waals surface area contributed by atoms with E-state index < -0.39 is 0 Å². The highest BCUT2D eigenvalue weighted by molar-refractivity contribution is 5.94. The predicted molar refractivity (Wildman–Crippen MR) is 63.8 cm³/mol. The normalized spacial score (nSPS) is 11.5. The molecule has 0 spiro atoms. The Morgan fingerprint density at radius 3 is 2.53 bits per heavy atom. The van der Waals surface area contributed by atoms with E-state index in [4.69, 9.17) is 0 Å². The molecule has 0 unspecified atom stereocenters. The summed E-state index contributed by atoms with van der Waals surface area (Å²) >= 11 is 0. The SMILES string of the molecule is CCC=C(C)C(=O)CCc1ccccc1. The minimum atomic E-state index is 0.265. The van der Waals surface area contributed by atoms with Crippen molar-refractivity contribution in [1.29, 1.82) is 0 Å². The van der Waals surface area contributed by atoms with Gasteiger partial charge in [0, 0.05) is 6.42 Å². The van der Waals surface area contributed by atoms with Gasteiger partial charge in [0.2, 0.25) is 0 Å². The number of hydrogen-bond donors (Lipinski definition) is 0. The Balaban J connectivity index is 2.45. The second kappa shape index (κ2) is 6.18. The van der Waals surface area contributed by atoms with E-state index in [2.05, 4.69) is 12.1 Å². The summed E-state index contributed by atoms with van der Waals surface area (Å²) in [5.74, 6) is 0.265. The van der Waals surface area contributed by atoms with Crippen LogP contribution in [-0.2, 0) is 11.2 Å². The van der Waals surface area contributed by atoms with Crippen molar-refractivity contribution in [1.82, 2.24) is 0 Å². The molecular formula is C14H18O. The Bertz CT molecular complexity index is 336. The van der Waals surface area contributed by atoms with Gasteiger partial charge in [-0.1, -0.05) is 43.3 Å². The van der Waals surface area contributed by atoms with Crippen LogP contribution >= 0.6 is 0 Å². The maximum Gasteiger partial charge on any atom is 0.158 e. The van der Waals surface area contributed by atoms with Crippen LogP contribution in [0.15, 0.2) is 42.0 Å². The lowest BCUT2D eigenvalue weighted by Crippen LogP contribution is -2.01. The summed E-state index contributed by atoms with van der Waals surface area (Å²) in [5.41, 5.74) is 2.13. The molecule has 0 aliphatic heterocycles. The van der Waals surface area contributed by atoms with Gasteiger partial charge in [-0.2, -0.15) is 0 Å². The first kappa shape index (κ1) is 11.7. The average molecular weight is 202 g/mol. The van der Waals surface area contributed by atoms with Crippen molar-refractivity contribution < 1.29 is 4.79 Å². The fraction of sp³-hybridized carbons (Fsp3) is 0.357. The topological polar surface area (TPSA) is 17.1 Å². The molecule has 0 aliphatic rings. The molecule has 0 aromatic heterocycles. The van der Waals surface area contributed by atoms with Crippen LogP contribution in [0.5, 0.6) is 0 Å². The van der Waals surface area contributed by atoms with Gasteiger partial charge in [-0.3, -0.25) is 4.79 Å². The van der Waals surface area contributed by atoms with Crippen LogP contribution in [0.2, 0.25) is 0 Å². The molecule has 1 aromatic carbocycles. The lowest BCUT2D eigenvalue weighted by atomic mass is 10.0. The summed E-state index contributed by atoms with van der Waals surface area (Å²) < 4.78 is 0. The zero-order valence-corrected chi connectivity index (χ0v) is 9.49. The number of ketones is 1. The summed E-state index contributed by atoms with van der Waals surface area (Å²) in [5, 5.41) is 0. The average Bonchev–Trinajstić information content (AvgIpc) is 2.27. The third kappa shape index (κ3) is 4.11. The van der Waals surface area contributed by atoms with Crippen LogP contribution in [0.4, 0.5) is 0 Å². The summed E-state index contributed by atoms with van der Waals surface area (Å²) in [6.07, 6.45) is 4.39. The number of allylic oxidation sites excluding steroid dienone is 2. The number of hydrogen-bond acceptors (Lipinski definition) is 1. The second-order valence-electron chi connectivity index (χ2n) is 3.70. The smallest absolute Gasteiger partial charge is 0.158 e. The van der Waals surface area contributed by atoms with E-state index in [1.165, 1.54) is 5.56 Å². The van der Waals surface area contributed by atoms with Gasteiger partial charge in [0.05, 0.1) is 0 Å². The standard InChI is InChI=1S/C14H18O/c1-3-7-12(2)14(15)11-10-13-8-5-4-6-9-13/h4-9H,3,10-11H2,1-2H3. The molecule has 0 atom stereocenters. The quantitative estimate of drug-likeness (QED) is 0.667. The molecule has 0 saturated carbocycles. The van der Waals surface area contributed by atoms with Gasteiger partial charge in [-0.05, 0) is 30.9 Å². The summed E-state index contributed by atoms with van der Waals surface area (Å²) in [4.78, 5) is 11.6. The zero-order valence-electron chi connectivity index (χ0n) is 9.49. The molecule has 0 radical (unpaired) electrons. The minimum Gasteiger partial charge on any atom is -0.295 e. The van der Waals surface area contributed by atoms with Crippen LogP contribution in [0, 0.1) is 0 Å². The second-order valence-corrected chi connectivity index (χ2v) is 3.70. The molecule has 80 valence electrons. The molecule has 0 heterocycles. The first-order valence-electron chi connectivity index (χ1n) is 5.48. The first-order chi connectivity index (χ1) is 7.24. The van der Waals surface area contributed by atoms with E-state index in [0.717, 1.165) is 18.4 Å². The van der Waals surface area contributed by atoms with Crippen molar-refractivity contribution >= 4 is 5.78 Å². The molecular weight excluding hydrogens is 184 g/mol. The Kier molecular flexibility index (Phi) is 4.82. The molecule has 0 saturated heterocycles. The number of Topliss-reactive ketones (excluding diaryl/α,β-unsaturated/α-hetero) is 1. The van der Waals surface area contributed by atoms with Crippen molar-refractivity contribution in [3.8, 4) is 0 Å². The molecule has 1 nitrogen and oxygen atoms in total. The molecule has 1 rings (SSSR count). The molecule has 15 heavy (non-hydrogen) atoms. The Hall–Kier alpha value is -1.37. The fourth-order valence-corrected chi connectivity index (χ4v) is 1.52. The van der Waals surface area contributed by atoms with Crippen molar-refractivity contribution in [2.24, 2.45) is 0 Å². The van der Waals surface area contributed by atoms with Gasteiger partial charge in [-0.25, -0.2) is 0 Å². The van der Waals surface area contributed by atoms with Crippen molar-refractivity contribution in [3.63, 3.8) is 0 Å². The maximum absolute atomic E-state index is 11.6. The van der Waals surface area contributed by atoms with Crippen LogP contribution < -0.4 is 0 Å². The lowest BCUT2D eigenvalue weighted by molar-refractivity contribution is -0.115. The Morgan fingerprint density at radius 2 is 1.93 bits per heavy atom. The van der Waals surface area contributed by atoms with E-state index in [9.17, 15) is 4.79 Å². The van der Waals surface area contributed by atoms with Gasteiger partial charge in [0.1, 0.15) is 0 Å². The fourth-order valence-electron chi connectivity index (χ4n) is 1.52. The molecule has 1 aromatic rings. The Morgan fingerprint density at radius 1 is 1.27 bits per heavy atom. The summed E-state index contributed by atoms with van der Waals surface area (Å²) in [7, 11) is 0. The highest BCUT2D eigenvalue weighted by Gasteiger charge is 2.03. The molecule has 0 bridgehead atoms. The number of carbonyl (C=O) groups excluding carboxylic acids is 1.